The van der Waals surface area contributed by atoms with Crippen molar-refractivity contribution in [3.8, 4) is 23.0 Å². The van der Waals surface area contributed by atoms with Crippen molar-refractivity contribution in [2.24, 2.45) is 0 Å². The Kier molecular flexibility index (Phi) is 9.82. The molecular weight excluding hydrogens is 588 g/mol. The summed E-state index contributed by atoms with van der Waals surface area (Å²) in [7, 11) is 3.29. The van der Waals surface area contributed by atoms with E-state index in [4.69, 9.17) is 18.9 Å². The second-order valence-corrected chi connectivity index (χ2v) is 11.4. The minimum Gasteiger partial charge on any atom is -0.493 e. The lowest BCUT2D eigenvalue weighted by Crippen LogP contribution is -2.39. The summed E-state index contributed by atoms with van der Waals surface area (Å²) in [6, 6.07) is 31.3. The highest BCUT2D eigenvalue weighted by molar-refractivity contribution is 5.94. The van der Waals surface area contributed by atoms with E-state index in [-0.39, 0.29) is 11.9 Å². The van der Waals surface area contributed by atoms with Crippen LogP contribution >= 0.6 is 0 Å². The number of benzene rings is 4. The number of carbonyl (C=O) groups is 1. The van der Waals surface area contributed by atoms with Crippen LogP contribution in [0.1, 0.15) is 49.8 Å². The summed E-state index contributed by atoms with van der Waals surface area (Å²) < 4.78 is 23.9. The molecule has 0 radical (unpaired) electrons. The summed E-state index contributed by atoms with van der Waals surface area (Å²) in [5.74, 6) is 2.55. The normalized spacial score (nSPS) is 14.0. The van der Waals surface area contributed by atoms with Crippen LogP contribution < -0.4 is 18.9 Å². The fourth-order valence-corrected chi connectivity index (χ4v) is 5.82. The van der Waals surface area contributed by atoms with Gasteiger partial charge in [-0.15, -0.1) is 0 Å². The first kappa shape index (κ1) is 31.4. The van der Waals surface area contributed by atoms with E-state index in [1.165, 1.54) is 0 Å². The van der Waals surface area contributed by atoms with Gasteiger partial charge in [0.1, 0.15) is 13.2 Å². The number of methoxy groups -OCH3 is 2. The number of carbonyl (C=O) groups excluding carboxylic acids is 1. The van der Waals surface area contributed by atoms with Gasteiger partial charge in [-0.05, 0) is 83.1 Å². The molecule has 0 bridgehead atoms. The van der Waals surface area contributed by atoms with E-state index in [0.717, 1.165) is 33.4 Å². The van der Waals surface area contributed by atoms with Gasteiger partial charge in [-0.1, -0.05) is 72.8 Å². The van der Waals surface area contributed by atoms with Crippen molar-refractivity contribution in [2.45, 2.75) is 32.6 Å². The Morgan fingerprint density at radius 2 is 1.38 bits per heavy atom. The van der Waals surface area contributed by atoms with Crippen LogP contribution in [-0.4, -0.2) is 36.6 Å². The Hall–Kier alpha value is -5.56. The van der Waals surface area contributed by atoms with Crippen molar-refractivity contribution in [3.05, 3.63) is 154 Å². The maximum Gasteiger partial charge on any atom is 0.254 e. The molecule has 0 N–H and O–H groups in total. The maximum absolute atomic E-state index is 13.9. The number of ether oxygens (including phenoxy) is 4. The van der Waals surface area contributed by atoms with Crippen LogP contribution in [0.3, 0.4) is 0 Å². The molecule has 4 aromatic carbocycles. The van der Waals surface area contributed by atoms with E-state index >= 15 is 0 Å². The molecule has 5 aromatic rings. The first-order valence-corrected chi connectivity index (χ1v) is 15.7. The Bertz CT molecular complexity index is 1840. The number of aryl methyl sites for hydroxylation is 1. The number of hydrogen-bond donors (Lipinski definition) is 0. The van der Waals surface area contributed by atoms with Gasteiger partial charge in [-0.25, -0.2) is 0 Å². The molecule has 1 unspecified atom stereocenters. The van der Waals surface area contributed by atoms with Crippen LogP contribution in [0.2, 0.25) is 0 Å². The highest BCUT2D eigenvalue weighted by Gasteiger charge is 2.31. The van der Waals surface area contributed by atoms with E-state index in [0.29, 0.717) is 54.7 Å². The minimum absolute atomic E-state index is 0.0607. The van der Waals surface area contributed by atoms with E-state index in [2.05, 4.69) is 23.2 Å². The molecule has 0 aliphatic carbocycles. The molecule has 7 heteroatoms. The third-order valence-electron chi connectivity index (χ3n) is 8.37. The lowest BCUT2D eigenvalue weighted by molar-refractivity contribution is 0.0700. The Balaban J connectivity index is 1.35. The molecule has 238 valence electrons. The van der Waals surface area contributed by atoms with Gasteiger partial charge in [0.15, 0.2) is 23.0 Å². The summed E-state index contributed by atoms with van der Waals surface area (Å²) in [4.78, 5) is 19.9. The summed E-state index contributed by atoms with van der Waals surface area (Å²) >= 11 is 0. The summed E-state index contributed by atoms with van der Waals surface area (Å²) in [5.41, 5.74) is 6.82. The fraction of sp³-hybridized carbons (Fsp3) is 0.200. The zero-order valence-corrected chi connectivity index (χ0v) is 26.9. The molecule has 1 aliphatic rings. The van der Waals surface area contributed by atoms with Crippen molar-refractivity contribution in [2.75, 3.05) is 20.8 Å². The average Bonchev–Trinajstić information content (AvgIpc) is 3.13. The highest BCUT2D eigenvalue weighted by Crippen LogP contribution is 2.40. The molecule has 6 rings (SSSR count). The average molecular weight is 627 g/mol. The molecule has 0 saturated heterocycles. The van der Waals surface area contributed by atoms with E-state index in [9.17, 15) is 4.79 Å². The van der Waals surface area contributed by atoms with Crippen LogP contribution in [0, 0.1) is 6.92 Å². The molecule has 0 fully saturated rings. The number of rotatable bonds is 11. The maximum atomic E-state index is 13.9. The van der Waals surface area contributed by atoms with Crippen molar-refractivity contribution in [3.63, 3.8) is 0 Å². The molecule has 0 spiro atoms. The Morgan fingerprint density at radius 1 is 0.787 bits per heavy atom. The molecule has 47 heavy (non-hydrogen) atoms. The van der Waals surface area contributed by atoms with Crippen LogP contribution in [0.25, 0.3) is 6.08 Å². The van der Waals surface area contributed by atoms with Crippen LogP contribution in [0.5, 0.6) is 23.0 Å². The predicted molar refractivity (Wildman–Crippen MR) is 183 cm³/mol. The second-order valence-electron chi connectivity index (χ2n) is 11.4. The Morgan fingerprint density at radius 3 is 2.00 bits per heavy atom. The topological polar surface area (TPSA) is 70.1 Å². The lowest BCUT2D eigenvalue weighted by Gasteiger charge is -2.36. The number of hydrogen-bond acceptors (Lipinski definition) is 6. The minimum atomic E-state index is -0.355. The third kappa shape index (κ3) is 7.31. The van der Waals surface area contributed by atoms with E-state index < -0.39 is 0 Å². The van der Waals surface area contributed by atoms with Gasteiger partial charge in [0.25, 0.3) is 5.91 Å². The smallest absolute Gasteiger partial charge is 0.254 e. The summed E-state index contributed by atoms with van der Waals surface area (Å²) in [6.07, 6.45) is 8.11. The van der Waals surface area contributed by atoms with Crippen LogP contribution in [0.15, 0.2) is 116 Å². The van der Waals surface area contributed by atoms with Gasteiger partial charge < -0.3 is 23.8 Å². The zero-order chi connectivity index (χ0) is 32.6. The van der Waals surface area contributed by atoms with Crippen molar-refractivity contribution in [1.82, 2.24) is 9.88 Å². The number of fused-ring (bicyclic) bond motifs is 1. The van der Waals surface area contributed by atoms with Gasteiger partial charge in [0, 0.05) is 24.5 Å². The van der Waals surface area contributed by atoms with Crippen molar-refractivity contribution in [1.29, 1.82) is 0 Å². The quantitative estimate of drug-likeness (QED) is 0.148. The first-order chi connectivity index (χ1) is 23.0. The van der Waals surface area contributed by atoms with Crippen LogP contribution in [0.4, 0.5) is 0 Å². The molecule has 1 amide bonds. The number of amides is 1. The van der Waals surface area contributed by atoms with Gasteiger partial charge in [-0.3, -0.25) is 9.78 Å². The van der Waals surface area contributed by atoms with Gasteiger partial charge in [-0.2, -0.15) is 0 Å². The summed E-state index contributed by atoms with van der Waals surface area (Å²) in [6.45, 7) is 3.43. The lowest BCUT2D eigenvalue weighted by atomic mass is 9.90. The fourth-order valence-electron chi connectivity index (χ4n) is 5.82. The number of aromatic nitrogens is 1. The molecule has 1 aromatic heterocycles. The van der Waals surface area contributed by atoms with Crippen molar-refractivity contribution >= 4 is 12.0 Å². The monoisotopic (exact) mass is 626 g/mol. The highest BCUT2D eigenvalue weighted by atomic mass is 16.5. The zero-order valence-electron chi connectivity index (χ0n) is 26.9. The third-order valence-corrected chi connectivity index (χ3v) is 8.37. The molecule has 2 heterocycles. The standard InChI is InChI=1S/C40H38N2O5/c1-28-22-36(44-2)38(46-26-29-10-6-4-7-11-29)23-32(28)14-15-35-34-25-37(45-3)39(47-27-30-12-8-5-9-13-30)24-33(34)18-21-42(35)40(43)31-16-19-41-20-17-31/h4-17,19-20,22-25,35H,18,21,26-27H2,1-3H3. The first-order valence-electron chi connectivity index (χ1n) is 15.7. The van der Waals surface area contributed by atoms with Crippen molar-refractivity contribution < 1.29 is 23.7 Å². The van der Waals surface area contributed by atoms with Crippen LogP contribution in [-0.2, 0) is 19.6 Å². The second kappa shape index (κ2) is 14.7. The number of nitrogens with zero attached hydrogens (tertiary/aromatic N) is 2. The SMILES string of the molecule is COc1cc(C)c(C=CC2c3cc(OC)c(OCc4ccccc4)cc3CCN2C(=O)c2ccncc2)cc1OCc1ccccc1. The number of pyridine rings is 1. The largest absolute Gasteiger partial charge is 0.493 e. The molecule has 0 saturated carbocycles. The van der Waals surface area contributed by atoms with E-state index in [1.54, 1.807) is 38.7 Å². The summed E-state index contributed by atoms with van der Waals surface area (Å²) in [5, 5.41) is 0. The predicted octanol–water partition coefficient (Wildman–Crippen LogP) is 8.02. The van der Waals surface area contributed by atoms with Gasteiger partial charge in [0.05, 0.1) is 20.3 Å². The molecule has 1 atom stereocenters. The van der Waals surface area contributed by atoms with Gasteiger partial charge in [0.2, 0.25) is 0 Å². The van der Waals surface area contributed by atoms with Gasteiger partial charge >= 0.3 is 0 Å². The Labute approximate surface area is 276 Å². The molecular formula is C40H38N2O5. The van der Waals surface area contributed by atoms with E-state index in [1.807, 2.05) is 90.7 Å². The molecule has 7 nitrogen and oxygen atoms in total. The molecule has 1 aliphatic heterocycles.